The maximum absolute atomic E-state index is 10.5. The Kier molecular flexibility index (Phi) is 7.29. The van der Waals surface area contributed by atoms with Crippen LogP contribution in [0, 0.1) is 6.92 Å². The minimum Gasteiger partial charge on any atom is -0.472 e. The van der Waals surface area contributed by atoms with E-state index in [2.05, 4.69) is 19.9 Å². The average molecular weight is 533 g/mol. The first-order chi connectivity index (χ1) is 16.9. The highest BCUT2D eigenvalue weighted by atomic mass is 35.5. The molecule has 35 heavy (non-hydrogen) atoms. The highest BCUT2D eigenvalue weighted by Crippen LogP contribution is 2.30. The molecule has 1 aliphatic heterocycles. The second kappa shape index (κ2) is 10.4. The molecular formula is C25H26Cl2N4O3S. The van der Waals surface area contributed by atoms with Crippen LogP contribution in [-0.4, -0.2) is 63.6 Å². The molecule has 10 heteroatoms. The highest BCUT2D eigenvalue weighted by Gasteiger charge is 2.29. The third-order valence-corrected chi connectivity index (χ3v) is 7.55. The van der Waals surface area contributed by atoms with Crippen LogP contribution in [0.5, 0.6) is 5.75 Å². The number of hydrogen-bond donors (Lipinski definition) is 1. The summed E-state index contributed by atoms with van der Waals surface area (Å²) in [5.41, 5.74) is 2.40. The van der Waals surface area contributed by atoms with Gasteiger partial charge >= 0.3 is 0 Å². The molecule has 5 rings (SSSR count). The fourth-order valence-corrected chi connectivity index (χ4v) is 5.63. The number of aliphatic hydroxyl groups excluding tert-OH is 1. The molecule has 2 atom stereocenters. The Bertz CT molecular complexity index is 1320. The monoisotopic (exact) mass is 532 g/mol. The third kappa shape index (κ3) is 5.63. The highest BCUT2D eigenvalue weighted by molar-refractivity contribution is 7.18. The zero-order valence-electron chi connectivity index (χ0n) is 19.4. The number of piperazine rings is 1. The second-order valence-corrected chi connectivity index (χ2v) is 10.8. The average Bonchev–Trinajstić information content (AvgIpc) is 3.43. The first-order valence-corrected chi connectivity index (χ1v) is 13.0. The lowest BCUT2D eigenvalue weighted by atomic mass is 10.1. The molecule has 2 aromatic heterocycles. The number of ether oxygens (including phenoxy) is 1. The van der Waals surface area contributed by atoms with Crippen LogP contribution in [0.4, 0.5) is 0 Å². The normalized spacial score (nSPS) is 17.1. The fourth-order valence-electron chi connectivity index (χ4n) is 4.32. The van der Waals surface area contributed by atoms with Gasteiger partial charge in [-0.25, -0.2) is 4.98 Å². The minimum atomic E-state index is -0.643. The van der Waals surface area contributed by atoms with Crippen molar-refractivity contribution in [2.45, 2.75) is 32.7 Å². The van der Waals surface area contributed by atoms with Crippen LogP contribution in [0.25, 0.3) is 21.5 Å². The summed E-state index contributed by atoms with van der Waals surface area (Å²) in [7, 11) is 0. The van der Waals surface area contributed by atoms with Crippen molar-refractivity contribution in [3.05, 3.63) is 63.3 Å². The fraction of sp³-hybridized carbons (Fsp3) is 0.360. The molecule has 1 aliphatic rings. The Balaban J connectivity index is 1.19. The Hall–Kier alpha value is -2.20. The molecule has 7 nitrogen and oxygen atoms in total. The van der Waals surface area contributed by atoms with E-state index in [1.807, 2.05) is 37.3 Å². The molecule has 3 heterocycles. The number of rotatable bonds is 7. The van der Waals surface area contributed by atoms with E-state index in [0.717, 1.165) is 52.7 Å². The molecule has 184 valence electrons. The van der Waals surface area contributed by atoms with Crippen molar-refractivity contribution >= 4 is 44.8 Å². The zero-order valence-corrected chi connectivity index (χ0v) is 21.8. The predicted molar refractivity (Wildman–Crippen MR) is 139 cm³/mol. The summed E-state index contributed by atoms with van der Waals surface area (Å²) in [4.78, 5) is 9.02. The molecule has 0 spiro atoms. The summed E-state index contributed by atoms with van der Waals surface area (Å²) < 4.78 is 12.9. The lowest BCUT2D eigenvalue weighted by Gasteiger charge is -2.39. The van der Waals surface area contributed by atoms with Gasteiger partial charge in [0.1, 0.15) is 17.5 Å². The minimum absolute atomic E-state index is 0.432. The molecular weight excluding hydrogens is 507 g/mol. The van der Waals surface area contributed by atoms with Crippen LogP contribution in [0.3, 0.4) is 0 Å². The van der Waals surface area contributed by atoms with Crippen molar-refractivity contribution in [2.24, 2.45) is 0 Å². The zero-order chi connectivity index (χ0) is 24.5. The van der Waals surface area contributed by atoms with Gasteiger partial charge in [0.05, 0.1) is 26.8 Å². The van der Waals surface area contributed by atoms with Gasteiger partial charge in [-0.3, -0.25) is 9.80 Å². The van der Waals surface area contributed by atoms with Crippen LogP contribution in [0.1, 0.15) is 17.7 Å². The number of hydrogen-bond acceptors (Lipinski definition) is 8. The van der Waals surface area contributed by atoms with Gasteiger partial charge in [0, 0.05) is 48.9 Å². The number of thiazole rings is 1. The lowest BCUT2D eigenvalue weighted by Crippen LogP contribution is -2.55. The van der Waals surface area contributed by atoms with Crippen molar-refractivity contribution in [2.75, 3.05) is 26.2 Å². The molecule has 0 amide bonds. The summed E-state index contributed by atoms with van der Waals surface area (Å²) in [6, 6.07) is 13.2. The second-order valence-electron chi connectivity index (χ2n) is 8.73. The van der Waals surface area contributed by atoms with E-state index in [9.17, 15) is 5.11 Å². The Morgan fingerprint density at radius 1 is 1.11 bits per heavy atom. The number of halogens is 2. The van der Waals surface area contributed by atoms with Crippen molar-refractivity contribution in [1.82, 2.24) is 19.9 Å². The standard InChI is InChI=1S/C25H26Cl2N4O3S/c1-15(32)25(33-18-4-6-24-23(12-18)28-16(2)35-24)31-9-7-30(8-10-31)14-19-13-22(29-34-19)20-5-3-17(26)11-21(20)27/h3-6,11-13,15,25,32H,7-10,14H2,1-2H3/t15-,25?/m1/s1. The van der Waals surface area contributed by atoms with E-state index in [0.29, 0.717) is 28.0 Å². The first-order valence-electron chi connectivity index (χ1n) is 11.4. The van der Waals surface area contributed by atoms with Crippen molar-refractivity contribution in [1.29, 1.82) is 0 Å². The van der Waals surface area contributed by atoms with Gasteiger partial charge in [-0.2, -0.15) is 0 Å². The maximum Gasteiger partial charge on any atom is 0.178 e. The van der Waals surface area contributed by atoms with Gasteiger partial charge in [-0.1, -0.05) is 28.4 Å². The van der Waals surface area contributed by atoms with Crippen molar-refractivity contribution in [3.8, 4) is 17.0 Å². The van der Waals surface area contributed by atoms with E-state index in [4.69, 9.17) is 32.5 Å². The number of aryl methyl sites for hydroxylation is 1. The van der Waals surface area contributed by atoms with Crippen LogP contribution >= 0.6 is 34.5 Å². The molecule has 0 bridgehead atoms. The molecule has 1 N–H and O–H groups in total. The van der Waals surface area contributed by atoms with Gasteiger partial charge in [-0.05, 0) is 44.2 Å². The van der Waals surface area contributed by atoms with E-state index in [1.54, 1.807) is 30.4 Å². The molecule has 0 saturated carbocycles. The summed E-state index contributed by atoms with van der Waals surface area (Å²) in [5, 5.41) is 16.8. The Labute approximate surface area is 217 Å². The lowest BCUT2D eigenvalue weighted by molar-refractivity contribution is -0.0756. The molecule has 1 unspecified atom stereocenters. The van der Waals surface area contributed by atoms with Crippen LogP contribution in [-0.2, 0) is 6.54 Å². The van der Waals surface area contributed by atoms with Gasteiger partial charge in [0.2, 0.25) is 0 Å². The topological polar surface area (TPSA) is 74.9 Å². The van der Waals surface area contributed by atoms with E-state index >= 15 is 0 Å². The molecule has 1 fully saturated rings. The molecule has 2 aromatic carbocycles. The smallest absolute Gasteiger partial charge is 0.178 e. The van der Waals surface area contributed by atoms with Gasteiger partial charge in [-0.15, -0.1) is 11.3 Å². The quantitative estimate of drug-likeness (QED) is 0.338. The van der Waals surface area contributed by atoms with Crippen LogP contribution in [0.15, 0.2) is 47.0 Å². The summed E-state index contributed by atoms with van der Waals surface area (Å²) >= 11 is 14.0. The predicted octanol–water partition coefficient (Wildman–Crippen LogP) is 5.47. The van der Waals surface area contributed by atoms with Crippen molar-refractivity contribution < 1.29 is 14.4 Å². The Morgan fingerprint density at radius 2 is 1.91 bits per heavy atom. The van der Waals surface area contributed by atoms with Crippen LogP contribution < -0.4 is 4.74 Å². The maximum atomic E-state index is 10.5. The number of fused-ring (bicyclic) bond motifs is 1. The number of aromatic nitrogens is 2. The molecule has 1 saturated heterocycles. The third-order valence-electron chi connectivity index (χ3n) is 6.05. The summed E-state index contributed by atoms with van der Waals surface area (Å²) in [6.07, 6.45) is -1.08. The summed E-state index contributed by atoms with van der Waals surface area (Å²) in [6.45, 7) is 7.56. The van der Waals surface area contributed by atoms with Gasteiger partial charge < -0.3 is 14.4 Å². The SMILES string of the molecule is Cc1nc2cc(OC([C@@H](C)O)N3CCN(Cc4cc(-c5ccc(Cl)cc5Cl)no4)CC3)ccc2s1. The number of aliphatic hydroxyl groups is 1. The first kappa shape index (κ1) is 24.5. The van der Waals surface area contributed by atoms with Gasteiger partial charge in [0.15, 0.2) is 12.0 Å². The molecule has 4 aromatic rings. The summed E-state index contributed by atoms with van der Waals surface area (Å²) in [5.74, 6) is 1.49. The number of nitrogens with zero attached hydrogens (tertiary/aromatic N) is 4. The Morgan fingerprint density at radius 3 is 2.66 bits per heavy atom. The van der Waals surface area contributed by atoms with E-state index < -0.39 is 12.3 Å². The largest absolute Gasteiger partial charge is 0.472 e. The molecule has 0 radical (unpaired) electrons. The molecule has 0 aliphatic carbocycles. The number of benzene rings is 2. The van der Waals surface area contributed by atoms with E-state index in [-0.39, 0.29) is 0 Å². The van der Waals surface area contributed by atoms with Crippen LogP contribution in [0.2, 0.25) is 10.0 Å². The van der Waals surface area contributed by atoms with Gasteiger partial charge in [0.25, 0.3) is 0 Å². The van der Waals surface area contributed by atoms with Crippen molar-refractivity contribution in [3.63, 3.8) is 0 Å². The van der Waals surface area contributed by atoms with E-state index in [1.165, 1.54) is 0 Å².